The third kappa shape index (κ3) is 5.78. The lowest BCUT2D eigenvalue weighted by Crippen LogP contribution is -2.30. The van der Waals surface area contributed by atoms with Crippen molar-refractivity contribution in [1.29, 1.82) is 0 Å². The highest BCUT2D eigenvalue weighted by Crippen LogP contribution is 2.31. The predicted octanol–water partition coefficient (Wildman–Crippen LogP) is 4.95. The molecular formula is C19H30FN. The summed E-state index contributed by atoms with van der Waals surface area (Å²) in [4.78, 5) is 0. The minimum Gasteiger partial charge on any atom is -0.316 e. The smallest absolute Gasteiger partial charge is 0.123 e. The van der Waals surface area contributed by atoms with E-state index in [1.165, 1.54) is 50.5 Å². The van der Waals surface area contributed by atoms with E-state index in [0.717, 1.165) is 25.4 Å². The molecule has 1 aromatic rings. The van der Waals surface area contributed by atoms with Crippen molar-refractivity contribution in [2.75, 3.05) is 13.1 Å². The SMILES string of the molecule is CCCNCC(Cc1ccc(F)cc1)C1CCCCCC1. The number of rotatable bonds is 7. The van der Waals surface area contributed by atoms with Crippen molar-refractivity contribution >= 4 is 0 Å². The first-order valence-electron chi connectivity index (χ1n) is 8.74. The highest BCUT2D eigenvalue weighted by atomic mass is 19.1. The Kier molecular flexibility index (Phi) is 7.21. The second-order valence-electron chi connectivity index (χ2n) is 6.55. The highest BCUT2D eigenvalue weighted by molar-refractivity contribution is 5.16. The van der Waals surface area contributed by atoms with Crippen LogP contribution in [0, 0.1) is 17.7 Å². The molecule has 0 amide bonds. The van der Waals surface area contributed by atoms with Gasteiger partial charge >= 0.3 is 0 Å². The van der Waals surface area contributed by atoms with Gasteiger partial charge in [-0.05, 0) is 55.5 Å². The van der Waals surface area contributed by atoms with Gasteiger partial charge in [-0.25, -0.2) is 4.39 Å². The Morgan fingerprint density at radius 3 is 2.38 bits per heavy atom. The van der Waals surface area contributed by atoms with Crippen LogP contribution in [0.5, 0.6) is 0 Å². The van der Waals surface area contributed by atoms with E-state index in [2.05, 4.69) is 12.2 Å². The average molecular weight is 291 g/mol. The van der Waals surface area contributed by atoms with Crippen molar-refractivity contribution in [2.24, 2.45) is 11.8 Å². The van der Waals surface area contributed by atoms with Gasteiger partial charge in [0.05, 0.1) is 0 Å². The van der Waals surface area contributed by atoms with Gasteiger partial charge in [0.1, 0.15) is 5.82 Å². The number of nitrogens with one attached hydrogen (secondary N) is 1. The van der Waals surface area contributed by atoms with E-state index in [4.69, 9.17) is 0 Å². The molecule has 1 N–H and O–H groups in total. The van der Waals surface area contributed by atoms with Crippen LogP contribution in [0.15, 0.2) is 24.3 Å². The largest absolute Gasteiger partial charge is 0.316 e. The summed E-state index contributed by atoms with van der Waals surface area (Å²) in [5.74, 6) is 1.40. The maximum Gasteiger partial charge on any atom is 0.123 e. The average Bonchev–Trinajstić information content (AvgIpc) is 2.78. The lowest BCUT2D eigenvalue weighted by molar-refractivity contribution is 0.285. The second-order valence-corrected chi connectivity index (χ2v) is 6.55. The summed E-state index contributed by atoms with van der Waals surface area (Å²) in [6, 6.07) is 7.11. The van der Waals surface area contributed by atoms with Crippen LogP contribution >= 0.6 is 0 Å². The summed E-state index contributed by atoms with van der Waals surface area (Å²) in [5, 5.41) is 3.61. The van der Waals surface area contributed by atoms with Crippen molar-refractivity contribution in [2.45, 2.75) is 58.3 Å². The van der Waals surface area contributed by atoms with Crippen molar-refractivity contribution in [3.05, 3.63) is 35.6 Å². The van der Waals surface area contributed by atoms with Crippen LogP contribution in [0.3, 0.4) is 0 Å². The minimum atomic E-state index is -0.131. The summed E-state index contributed by atoms with van der Waals surface area (Å²) in [6.07, 6.45) is 10.6. The molecule has 1 fully saturated rings. The molecular weight excluding hydrogens is 261 g/mol. The van der Waals surface area contributed by atoms with E-state index < -0.39 is 0 Å². The van der Waals surface area contributed by atoms with Crippen LogP contribution in [0.4, 0.5) is 4.39 Å². The maximum absolute atomic E-state index is 13.1. The number of hydrogen-bond acceptors (Lipinski definition) is 1. The Morgan fingerprint density at radius 1 is 1.10 bits per heavy atom. The van der Waals surface area contributed by atoms with E-state index in [1.54, 1.807) is 12.1 Å². The third-order valence-electron chi connectivity index (χ3n) is 4.81. The molecule has 2 rings (SSSR count). The van der Waals surface area contributed by atoms with Gasteiger partial charge in [0.2, 0.25) is 0 Å². The monoisotopic (exact) mass is 291 g/mol. The summed E-state index contributed by atoms with van der Waals surface area (Å²) < 4.78 is 13.1. The molecule has 0 spiro atoms. The van der Waals surface area contributed by atoms with Gasteiger partial charge in [0, 0.05) is 0 Å². The zero-order valence-electron chi connectivity index (χ0n) is 13.4. The molecule has 1 unspecified atom stereocenters. The van der Waals surface area contributed by atoms with E-state index in [0.29, 0.717) is 5.92 Å². The summed E-state index contributed by atoms with van der Waals surface area (Å²) in [7, 11) is 0. The third-order valence-corrected chi connectivity index (χ3v) is 4.81. The second kappa shape index (κ2) is 9.19. The van der Waals surface area contributed by atoms with Crippen LogP contribution in [0.25, 0.3) is 0 Å². The first-order valence-corrected chi connectivity index (χ1v) is 8.74. The van der Waals surface area contributed by atoms with E-state index >= 15 is 0 Å². The van der Waals surface area contributed by atoms with Crippen molar-refractivity contribution in [3.8, 4) is 0 Å². The summed E-state index contributed by atoms with van der Waals surface area (Å²) >= 11 is 0. The molecule has 21 heavy (non-hydrogen) atoms. The van der Waals surface area contributed by atoms with Crippen molar-refractivity contribution in [1.82, 2.24) is 5.32 Å². The molecule has 0 bridgehead atoms. The molecule has 0 radical (unpaired) electrons. The molecule has 0 heterocycles. The Hall–Kier alpha value is -0.890. The Balaban J connectivity index is 1.97. The van der Waals surface area contributed by atoms with Crippen LogP contribution in [0.2, 0.25) is 0 Å². The van der Waals surface area contributed by atoms with Gasteiger partial charge < -0.3 is 5.32 Å². The molecule has 1 saturated carbocycles. The minimum absolute atomic E-state index is 0.131. The Bertz CT molecular complexity index is 379. The predicted molar refractivity (Wildman–Crippen MR) is 87.9 cm³/mol. The quantitative estimate of drug-likeness (QED) is 0.553. The standard InChI is InChI=1S/C19H30FN/c1-2-13-21-15-18(17-7-5-3-4-6-8-17)14-16-9-11-19(20)12-10-16/h9-12,17-18,21H,2-8,13-15H2,1H3. The van der Waals surface area contributed by atoms with Gasteiger partial charge in [0.25, 0.3) is 0 Å². The first kappa shape index (κ1) is 16.5. The molecule has 0 saturated heterocycles. The van der Waals surface area contributed by atoms with Gasteiger partial charge in [-0.15, -0.1) is 0 Å². The molecule has 1 aromatic carbocycles. The molecule has 2 heteroatoms. The highest BCUT2D eigenvalue weighted by Gasteiger charge is 2.22. The summed E-state index contributed by atoms with van der Waals surface area (Å²) in [5.41, 5.74) is 1.28. The first-order chi connectivity index (χ1) is 10.3. The normalized spacial score (nSPS) is 18.4. The van der Waals surface area contributed by atoms with Crippen LogP contribution in [0.1, 0.15) is 57.4 Å². The maximum atomic E-state index is 13.1. The fourth-order valence-electron chi connectivity index (χ4n) is 3.58. The lowest BCUT2D eigenvalue weighted by Gasteiger charge is -2.27. The Morgan fingerprint density at radius 2 is 1.76 bits per heavy atom. The number of benzene rings is 1. The Labute approximate surface area is 129 Å². The number of halogens is 1. The zero-order valence-corrected chi connectivity index (χ0v) is 13.4. The van der Waals surface area contributed by atoms with Crippen LogP contribution < -0.4 is 5.32 Å². The number of hydrogen-bond donors (Lipinski definition) is 1. The van der Waals surface area contributed by atoms with Crippen LogP contribution in [-0.2, 0) is 6.42 Å². The summed E-state index contributed by atoms with van der Waals surface area (Å²) in [6.45, 7) is 4.43. The fraction of sp³-hybridized carbons (Fsp3) is 0.684. The zero-order chi connectivity index (χ0) is 14.9. The van der Waals surface area contributed by atoms with E-state index in [1.807, 2.05) is 12.1 Å². The van der Waals surface area contributed by atoms with Crippen molar-refractivity contribution in [3.63, 3.8) is 0 Å². The topological polar surface area (TPSA) is 12.0 Å². The lowest BCUT2D eigenvalue weighted by atomic mass is 9.82. The fourth-order valence-corrected chi connectivity index (χ4v) is 3.58. The molecule has 118 valence electrons. The van der Waals surface area contributed by atoms with Gasteiger partial charge in [-0.1, -0.05) is 57.6 Å². The van der Waals surface area contributed by atoms with E-state index in [9.17, 15) is 4.39 Å². The van der Waals surface area contributed by atoms with Gasteiger partial charge in [0.15, 0.2) is 0 Å². The van der Waals surface area contributed by atoms with E-state index in [-0.39, 0.29) is 5.82 Å². The molecule has 1 atom stereocenters. The molecule has 0 aromatic heterocycles. The van der Waals surface area contributed by atoms with Gasteiger partial charge in [-0.2, -0.15) is 0 Å². The van der Waals surface area contributed by atoms with Gasteiger partial charge in [-0.3, -0.25) is 0 Å². The molecule has 1 nitrogen and oxygen atoms in total. The van der Waals surface area contributed by atoms with Crippen molar-refractivity contribution < 1.29 is 4.39 Å². The molecule has 1 aliphatic carbocycles. The molecule has 0 aliphatic heterocycles. The van der Waals surface area contributed by atoms with Crippen LogP contribution in [-0.4, -0.2) is 13.1 Å². The molecule has 1 aliphatic rings.